The first kappa shape index (κ1) is 87.8. The van der Waals surface area contributed by atoms with Gasteiger partial charge in [0.1, 0.15) is 18.2 Å². The average Bonchev–Trinajstić information content (AvgIpc) is 1.61. The molecule has 6 heterocycles. The van der Waals surface area contributed by atoms with Gasteiger partial charge in [-0.05, 0) is 250 Å². The van der Waals surface area contributed by atoms with Crippen LogP contribution in [0.2, 0.25) is 0 Å². The normalized spacial score (nSPS) is 11.2. The number of hydrogen-bond donors (Lipinski definition) is 0. The maximum absolute atomic E-state index is 10.0. The molecule has 14 nitrogen and oxygen atoms in total. The highest BCUT2D eigenvalue weighted by molar-refractivity contribution is 6.22. The van der Waals surface area contributed by atoms with Crippen molar-refractivity contribution in [1.82, 2.24) is 27.4 Å². The van der Waals surface area contributed by atoms with Gasteiger partial charge in [-0.2, -0.15) is 42.1 Å². The van der Waals surface area contributed by atoms with Gasteiger partial charge in [-0.1, -0.05) is 261 Å². The van der Waals surface area contributed by atoms with E-state index in [0.717, 1.165) is 210 Å². The minimum Gasteiger partial charge on any atom is -0.309 e. The summed E-state index contributed by atoms with van der Waals surface area (Å²) in [6.07, 6.45) is 0. The lowest BCUT2D eigenvalue weighted by atomic mass is 9.94. The SMILES string of the molecule is N#Cc1ccc(-n2c3ccc(C#N)cc3c3cccc(-c4cccc(-c5cccc6c5c5ccccc5n6-c5ccccc5C#N)c4)c32)cc1.N#Cc1ccc2c(c1)c1c(-c3cccc(-c4cccc5c6ccccc6n(-c6ccccc6)c45)c3)cccc1n2-c1ccccc1C#N.N#Cc1cccc(-n2c3ccc(C#N)cc3c3cccc(-c4cccc(-c5cccc6c5c5ccccc5n6-c5ccccc5C#N)c4)c32)c1. The summed E-state index contributed by atoms with van der Waals surface area (Å²) in [4.78, 5) is 0. The number of hydrogen-bond acceptors (Lipinski definition) is 8. The van der Waals surface area contributed by atoms with E-state index in [9.17, 15) is 42.1 Å². The van der Waals surface area contributed by atoms with Crippen molar-refractivity contribution in [2.45, 2.75) is 0 Å². The Labute approximate surface area is 849 Å². The van der Waals surface area contributed by atoms with Crippen molar-refractivity contribution in [1.29, 1.82) is 42.1 Å². The maximum atomic E-state index is 10.0. The first-order chi connectivity index (χ1) is 73.1. The van der Waals surface area contributed by atoms with Crippen molar-refractivity contribution < 1.29 is 0 Å². The van der Waals surface area contributed by atoms with Crippen molar-refractivity contribution in [2.75, 3.05) is 0 Å². The van der Waals surface area contributed by atoms with Crippen molar-refractivity contribution in [2.24, 2.45) is 0 Å². The fourth-order valence-electron chi connectivity index (χ4n) is 22.3. The third kappa shape index (κ3) is 14.5. The first-order valence-electron chi connectivity index (χ1n) is 48.5. The lowest BCUT2D eigenvalue weighted by Gasteiger charge is -2.13. The molecule has 0 atom stereocenters. The monoisotopic (exact) mass is 1880 g/mol. The summed E-state index contributed by atoms with van der Waals surface area (Å²) in [6.45, 7) is 0. The quantitative estimate of drug-likeness (QED) is 0.114. The molecule has 0 fully saturated rings. The second-order valence-corrected chi connectivity index (χ2v) is 36.6. The molecular weight excluding hydrogens is 1810 g/mol. The Morgan fingerprint density at radius 1 is 0.142 bits per heavy atom. The number of nitriles is 8. The van der Waals surface area contributed by atoms with E-state index in [0.29, 0.717) is 44.5 Å². The minimum absolute atomic E-state index is 0.579. The first-order valence-corrected chi connectivity index (χ1v) is 48.5. The Kier molecular flexibility index (Phi) is 21.7. The van der Waals surface area contributed by atoms with Crippen LogP contribution in [0.25, 0.3) is 232 Å². The van der Waals surface area contributed by atoms with Crippen LogP contribution in [0.15, 0.2) is 461 Å². The molecule has 0 saturated carbocycles. The van der Waals surface area contributed by atoms with Crippen LogP contribution in [-0.4, -0.2) is 27.4 Å². The highest BCUT2D eigenvalue weighted by Crippen LogP contribution is 2.49. The molecule has 0 amide bonds. The van der Waals surface area contributed by atoms with Crippen LogP contribution in [0, 0.1) is 90.6 Å². The summed E-state index contributed by atoms with van der Waals surface area (Å²) in [5.74, 6) is 0. The van der Waals surface area contributed by atoms with Crippen LogP contribution in [0.4, 0.5) is 0 Å². The third-order valence-electron chi connectivity index (χ3n) is 28.6. The number of aromatic nitrogens is 6. The van der Waals surface area contributed by atoms with E-state index in [2.05, 4.69) is 349 Å². The lowest BCUT2D eigenvalue weighted by molar-refractivity contribution is 1.17. The van der Waals surface area contributed by atoms with Crippen LogP contribution in [0.1, 0.15) is 44.5 Å². The summed E-state index contributed by atoms with van der Waals surface area (Å²) in [7, 11) is 0. The van der Waals surface area contributed by atoms with E-state index in [1.54, 1.807) is 0 Å². The molecule has 14 heteroatoms. The smallest absolute Gasteiger partial charge is 0.101 e. The highest BCUT2D eigenvalue weighted by Gasteiger charge is 2.28. The number of nitrogens with zero attached hydrogens (tertiary/aromatic N) is 14. The lowest BCUT2D eigenvalue weighted by Crippen LogP contribution is -1.97. The molecule has 0 radical (unpaired) electrons. The fraction of sp³-hybridized carbons (Fsp3) is 0. The van der Waals surface area contributed by atoms with Gasteiger partial charge in [0.15, 0.2) is 0 Å². The molecule has 0 bridgehead atoms. The molecule has 0 N–H and O–H groups in total. The van der Waals surface area contributed by atoms with Crippen molar-refractivity contribution in [3.63, 3.8) is 0 Å². The van der Waals surface area contributed by atoms with Gasteiger partial charge in [-0.15, -0.1) is 0 Å². The summed E-state index contributed by atoms with van der Waals surface area (Å²) < 4.78 is 13.4. The van der Waals surface area contributed by atoms with Gasteiger partial charge in [0.25, 0.3) is 0 Å². The Balaban J connectivity index is 0.000000115. The Morgan fingerprint density at radius 3 is 0.811 bits per heavy atom. The van der Waals surface area contributed by atoms with E-state index in [1.165, 1.54) is 21.8 Å². The van der Waals surface area contributed by atoms with Gasteiger partial charge < -0.3 is 27.4 Å². The summed E-state index contributed by atoms with van der Waals surface area (Å²) >= 11 is 0. The standard InChI is InChI=1S/2C45H25N5.C44H26N4/c46-26-29-9-5-13-34(23-29)49-42-22-21-30(27-47)24-39(42)37-17-7-16-36(45(37)49)32-12-6-11-31(25-32)35-15-8-20-43-44(35)38-14-2-4-19-41(38)50(43)40-18-3-1-10-33(40)28-48;46-26-29-18-21-34(22-19-29)49-42-23-20-30(27-47)24-39(42)37-14-6-13-36(45(37)49)32-10-5-9-31(25-32)35-12-7-17-43-44(35)38-11-2-4-16-41(38)50(43)40-15-3-1-8-33(40)28-48;45-27-29-23-24-41-38(25-29)43-34(17-10-22-42(43)48(41)39-20-6-4-11-32(39)28-46)30-12-8-13-31(26-30)35-18-9-19-37-36-16-5-7-21-40(36)47(44(35)37)33-14-2-1-3-15-33/h2*1-25H;1-26H. The van der Waals surface area contributed by atoms with Crippen LogP contribution in [-0.2, 0) is 0 Å². The van der Waals surface area contributed by atoms with E-state index in [1.807, 2.05) is 188 Å². The molecular formula is C134H76N14. The molecule has 21 aromatic carbocycles. The summed E-state index contributed by atoms with van der Waals surface area (Å²) in [6, 6.07) is 175. The zero-order chi connectivity index (χ0) is 99.7. The third-order valence-corrected chi connectivity index (χ3v) is 28.6. The predicted octanol–water partition coefficient (Wildman–Crippen LogP) is 32.6. The fourth-order valence-corrected chi connectivity index (χ4v) is 22.3. The van der Waals surface area contributed by atoms with Crippen LogP contribution < -0.4 is 0 Å². The molecule has 0 aliphatic rings. The molecule has 0 unspecified atom stereocenters. The average molecular weight is 1880 g/mol. The zero-order valence-electron chi connectivity index (χ0n) is 79.1. The molecule has 0 saturated heterocycles. The van der Waals surface area contributed by atoms with Gasteiger partial charge in [0.2, 0.25) is 0 Å². The number of para-hydroxylation sites is 10. The van der Waals surface area contributed by atoms with Crippen LogP contribution >= 0.6 is 0 Å². The molecule has 27 rings (SSSR count). The Bertz CT molecular complexity index is 10600. The van der Waals surface area contributed by atoms with E-state index >= 15 is 0 Å². The topological polar surface area (TPSA) is 220 Å². The van der Waals surface area contributed by atoms with Gasteiger partial charge in [-0.25, -0.2) is 0 Å². The molecule has 0 aliphatic heterocycles. The number of fused-ring (bicyclic) bond motifs is 18. The van der Waals surface area contributed by atoms with E-state index in [4.69, 9.17) is 0 Å². The Morgan fingerprint density at radius 2 is 0.405 bits per heavy atom. The second kappa shape index (κ2) is 36.5. The molecule has 0 aliphatic carbocycles. The molecule has 682 valence electrons. The zero-order valence-corrected chi connectivity index (χ0v) is 79.1. The van der Waals surface area contributed by atoms with Gasteiger partial charge in [0.05, 0.1) is 158 Å². The Hall–Kier alpha value is -21.7. The molecule has 6 aromatic heterocycles. The summed E-state index contributed by atoms with van der Waals surface area (Å²) in [5, 5.41) is 91.6. The van der Waals surface area contributed by atoms with Gasteiger partial charge in [0, 0.05) is 98.4 Å². The van der Waals surface area contributed by atoms with Gasteiger partial charge in [-0.3, -0.25) is 0 Å². The summed E-state index contributed by atoms with van der Waals surface area (Å²) in [5.41, 5.74) is 35.7. The van der Waals surface area contributed by atoms with E-state index in [-0.39, 0.29) is 0 Å². The van der Waals surface area contributed by atoms with Crippen molar-refractivity contribution in [3.8, 4) is 149 Å². The molecule has 148 heavy (non-hydrogen) atoms. The highest BCUT2D eigenvalue weighted by atomic mass is 15.0. The number of rotatable bonds is 12. The maximum Gasteiger partial charge on any atom is 0.101 e. The van der Waals surface area contributed by atoms with Crippen LogP contribution in [0.3, 0.4) is 0 Å². The predicted molar refractivity (Wildman–Crippen MR) is 596 cm³/mol. The van der Waals surface area contributed by atoms with Gasteiger partial charge >= 0.3 is 0 Å². The molecule has 27 aromatic rings. The van der Waals surface area contributed by atoms with Crippen molar-refractivity contribution in [3.05, 3.63) is 506 Å². The second-order valence-electron chi connectivity index (χ2n) is 36.6. The van der Waals surface area contributed by atoms with Crippen LogP contribution in [0.5, 0.6) is 0 Å². The minimum atomic E-state index is 0.579. The molecule has 0 spiro atoms. The number of benzene rings is 21. The largest absolute Gasteiger partial charge is 0.309 e. The van der Waals surface area contributed by atoms with E-state index < -0.39 is 0 Å². The van der Waals surface area contributed by atoms with Crippen molar-refractivity contribution >= 4 is 131 Å².